The Labute approximate surface area is 350 Å². The molecule has 1 aromatic carbocycles. The van der Waals surface area contributed by atoms with Crippen molar-refractivity contribution in [3.63, 3.8) is 0 Å². The van der Waals surface area contributed by atoms with Crippen molar-refractivity contribution in [1.82, 2.24) is 25.0 Å². The second kappa shape index (κ2) is 16.9. The van der Waals surface area contributed by atoms with Crippen molar-refractivity contribution in [2.75, 3.05) is 18.9 Å². The number of carbonyl (C=O) groups is 4. The van der Waals surface area contributed by atoms with Gasteiger partial charge in [-0.2, -0.15) is 5.10 Å². The summed E-state index contributed by atoms with van der Waals surface area (Å²) in [7, 11) is -2.03. The molecule has 2 saturated carbocycles. The van der Waals surface area contributed by atoms with E-state index < -0.39 is 61.5 Å². The van der Waals surface area contributed by atoms with Gasteiger partial charge in [0.05, 0.1) is 30.0 Å². The average molecular weight is 852 g/mol. The molecule has 2 aliphatic heterocycles. The number of aryl methyl sites for hydroxylation is 1. The quantitative estimate of drug-likeness (QED) is 0.212. The molecule has 4 aliphatic rings. The van der Waals surface area contributed by atoms with Gasteiger partial charge in [0.15, 0.2) is 21.4 Å². The van der Waals surface area contributed by atoms with E-state index in [2.05, 4.69) is 15.4 Å². The van der Waals surface area contributed by atoms with Crippen LogP contribution in [0.15, 0.2) is 42.6 Å². The van der Waals surface area contributed by atoms with Crippen LogP contribution < -0.4 is 19.5 Å². The number of allylic oxidation sites excluding steroid dienone is 2. The van der Waals surface area contributed by atoms with Crippen LogP contribution >= 0.6 is 11.6 Å². The molecule has 0 radical (unpaired) electrons. The van der Waals surface area contributed by atoms with Crippen molar-refractivity contribution in [2.24, 2.45) is 18.4 Å². The molecule has 3 aromatic rings. The van der Waals surface area contributed by atoms with E-state index in [9.17, 15) is 27.6 Å². The molecule has 16 heteroatoms. The minimum atomic E-state index is -3.73. The van der Waals surface area contributed by atoms with Gasteiger partial charge in [-0.3, -0.25) is 23.9 Å². The van der Waals surface area contributed by atoms with Crippen LogP contribution in [0.4, 0.5) is 0 Å². The molecule has 0 unspecified atom stereocenters. The molecule has 59 heavy (non-hydrogen) atoms. The highest BCUT2D eigenvalue weighted by atomic mass is 35.5. The van der Waals surface area contributed by atoms with Crippen LogP contribution in [0, 0.1) is 11.3 Å². The Bertz CT molecular complexity index is 2270. The summed E-state index contributed by atoms with van der Waals surface area (Å²) in [4.78, 5) is 63.2. The van der Waals surface area contributed by atoms with E-state index in [1.165, 1.54) is 9.58 Å². The summed E-state index contributed by atoms with van der Waals surface area (Å²) in [6.07, 6.45) is 9.19. The van der Waals surface area contributed by atoms with Crippen LogP contribution in [0.3, 0.4) is 0 Å². The molecular formula is C43H54ClN5O9S. The van der Waals surface area contributed by atoms with Crippen molar-refractivity contribution in [3.05, 3.63) is 53.3 Å². The first-order valence-corrected chi connectivity index (χ1v) is 22.7. The highest BCUT2D eigenvalue weighted by molar-refractivity contribution is 7.93. The Kier molecular flexibility index (Phi) is 12.2. The highest BCUT2D eigenvalue weighted by Gasteiger charge is 2.62. The molecule has 2 aliphatic carbocycles. The van der Waals surface area contributed by atoms with E-state index in [0.717, 1.165) is 19.3 Å². The number of amides is 2. The number of benzene rings is 1. The Morgan fingerprint density at radius 3 is 2.58 bits per heavy atom. The number of pyridine rings is 1. The standard InChI is InChI=1S/C43H54ClN5O9S/c1-6-56-34-15-14-29-35(21-37(57-26(2)3)46-39(29)38(34)44)58-28-20-32-33(50)23-43(36(51)25-59(54,55)42(4)17-18-42)22-27(43)12-10-8-7-9-11-13-31(41(53)49(32)24-28)45-40(52)30-16-19-48(5)47-30/h10,12,14-16,19,21,26-28,31-32H,6-9,11,13,17-18,20,22-25H2,1-5H3,(H,45,52)/b12-10-/t27-,28+,31-,32-,43+/m0/s1. The Balaban J connectivity index is 1.23. The molecule has 0 bridgehead atoms. The number of halogens is 1. The Hall–Kier alpha value is -4.50. The second-order valence-corrected chi connectivity index (χ2v) is 19.9. The minimum Gasteiger partial charge on any atom is -0.492 e. The van der Waals surface area contributed by atoms with Crippen molar-refractivity contribution < 1.29 is 41.8 Å². The van der Waals surface area contributed by atoms with Crippen LogP contribution in [0.2, 0.25) is 5.02 Å². The molecule has 2 amide bonds. The molecule has 3 fully saturated rings. The second-order valence-electron chi connectivity index (χ2n) is 17.0. The summed E-state index contributed by atoms with van der Waals surface area (Å²) in [6.45, 7) is 7.64. The molecule has 7 rings (SSSR count). The van der Waals surface area contributed by atoms with E-state index in [0.29, 0.717) is 61.1 Å². The zero-order valence-electron chi connectivity index (χ0n) is 34.4. The first kappa shape index (κ1) is 42.6. The molecule has 1 saturated heterocycles. The van der Waals surface area contributed by atoms with Gasteiger partial charge in [0, 0.05) is 43.0 Å². The van der Waals surface area contributed by atoms with Gasteiger partial charge < -0.3 is 24.4 Å². The Morgan fingerprint density at radius 2 is 1.88 bits per heavy atom. The van der Waals surface area contributed by atoms with Crippen molar-refractivity contribution in [1.29, 1.82) is 0 Å². The van der Waals surface area contributed by atoms with Gasteiger partial charge in [0.1, 0.15) is 45.6 Å². The predicted octanol–water partition coefficient (Wildman–Crippen LogP) is 5.98. The number of sulfone groups is 1. The van der Waals surface area contributed by atoms with Gasteiger partial charge in [0.25, 0.3) is 5.91 Å². The summed E-state index contributed by atoms with van der Waals surface area (Å²) in [6, 6.07) is 4.74. The lowest BCUT2D eigenvalue weighted by Crippen LogP contribution is -2.52. The van der Waals surface area contributed by atoms with Gasteiger partial charge >= 0.3 is 0 Å². The van der Waals surface area contributed by atoms with Crippen LogP contribution in [0.5, 0.6) is 17.4 Å². The fourth-order valence-corrected chi connectivity index (χ4v) is 10.3. The molecule has 0 spiro atoms. The smallest absolute Gasteiger partial charge is 0.272 e. The normalized spacial score (nSPS) is 26.3. The lowest BCUT2D eigenvalue weighted by molar-refractivity contribution is -0.140. The number of Topliss-reactive ketones (excluding diaryl/α,β-unsaturated/α-hetero) is 2. The van der Waals surface area contributed by atoms with Crippen LogP contribution in [-0.4, -0.2) is 99.4 Å². The molecule has 318 valence electrons. The van der Waals surface area contributed by atoms with E-state index in [-0.39, 0.29) is 53.8 Å². The fraction of sp³-hybridized carbons (Fsp3) is 0.581. The van der Waals surface area contributed by atoms with Crippen LogP contribution in [-0.2, 0) is 31.3 Å². The lowest BCUT2D eigenvalue weighted by atomic mass is 9.88. The van der Waals surface area contributed by atoms with Crippen molar-refractivity contribution >= 4 is 55.7 Å². The number of ketones is 2. The maximum Gasteiger partial charge on any atom is 0.272 e. The number of carbonyl (C=O) groups excluding carboxylic acids is 4. The SMILES string of the molecule is CCOc1ccc2c(O[C@@H]3C[C@H]4C(=O)C[C@]5(C(=O)CS(=O)(=O)C6(C)CC6)C[C@@H]5/C=C\CCCCC[C@H](NC(=O)c5ccn(C)n5)C(=O)N4C3)cc(OC(C)C)nc2c1Cl. The maximum atomic E-state index is 14.8. The largest absolute Gasteiger partial charge is 0.492 e. The third kappa shape index (κ3) is 9.01. The van der Waals surface area contributed by atoms with Gasteiger partial charge in [-0.1, -0.05) is 36.6 Å². The lowest BCUT2D eigenvalue weighted by Gasteiger charge is -2.29. The number of ether oxygens (including phenoxy) is 3. The number of rotatable bonds is 12. The summed E-state index contributed by atoms with van der Waals surface area (Å²) >= 11 is 6.80. The van der Waals surface area contributed by atoms with Gasteiger partial charge in [-0.25, -0.2) is 13.4 Å². The number of hydrogen-bond acceptors (Lipinski definition) is 11. The molecule has 5 atom stereocenters. The maximum absolute atomic E-state index is 14.8. The van der Waals surface area contributed by atoms with E-state index >= 15 is 0 Å². The number of nitrogens with zero attached hydrogens (tertiary/aromatic N) is 4. The first-order valence-electron chi connectivity index (χ1n) is 20.7. The zero-order chi connectivity index (χ0) is 42.3. The zero-order valence-corrected chi connectivity index (χ0v) is 35.9. The summed E-state index contributed by atoms with van der Waals surface area (Å²) in [5, 5.41) is 7.96. The minimum absolute atomic E-state index is 0.00282. The van der Waals surface area contributed by atoms with Crippen LogP contribution in [0.1, 0.15) is 102 Å². The predicted molar refractivity (Wildman–Crippen MR) is 222 cm³/mol. The Morgan fingerprint density at radius 1 is 1.10 bits per heavy atom. The molecule has 2 aromatic heterocycles. The molecular weight excluding hydrogens is 798 g/mol. The topological polar surface area (TPSA) is 176 Å². The van der Waals surface area contributed by atoms with Crippen LogP contribution in [0.25, 0.3) is 10.9 Å². The highest BCUT2D eigenvalue weighted by Crippen LogP contribution is 2.58. The third-order valence-electron chi connectivity index (χ3n) is 12.2. The first-order chi connectivity index (χ1) is 28.0. The summed E-state index contributed by atoms with van der Waals surface area (Å²) in [5.41, 5.74) is -0.639. The number of fused-ring (bicyclic) bond motifs is 3. The van der Waals surface area contributed by atoms with Gasteiger partial charge in [-0.15, -0.1) is 0 Å². The van der Waals surface area contributed by atoms with Crippen molar-refractivity contribution in [3.8, 4) is 17.4 Å². The monoisotopic (exact) mass is 851 g/mol. The summed E-state index contributed by atoms with van der Waals surface area (Å²) < 4.78 is 45.7. The van der Waals surface area contributed by atoms with Gasteiger partial charge in [0.2, 0.25) is 11.8 Å². The van der Waals surface area contributed by atoms with Crippen molar-refractivity contribution in [2.45, 2.75) is 121 Å². The molecule has 1 N–H and O–H groups in total. The van der Waals surface area contributed by atoms with Gasteiger partial charge in [-0.05, 0) is 90.3 Å². The van der Waals surface area contributed by atoms with E-state index in [1.807, 2.05) is 32.9 Å². The number of hydrogen-bond donors (Lipinski definition) is 1. The summed E-state index contributed by atoms with van der Waals surface area (Å²) in [5.74, 6) is -1.60. The molecule has 4 heterocycles. The van der Waals surface area contributed by atoms with E-state index in [1.54, 1.807) is 44.4 Å². The van der Waals surface area contributed by atoms with E-state index in [4.69, 9.17) is 25.8 Å². The number of aromatic nitrogens is 3. The average Bonchev–Trinajstić information content (AvgIpc) is 3.98. The third-order valence-corrected chi connectivity index (χ3v) is 15.1. The fourth-order valence-electron chi connectivity index (χ4n) is 8.35. The molecule has 14 nitrogen and oxygen atoms in total. The number of nitrogens with one attached hydrogen (secondary N) is 1.